The summed E-state index contributed by atoms with van der Waals surface area (Å²) >= 11 is 6.03. The van der Waals surface area contributed by atoms with E-state index in [1.807, 2.05) is 0 Å². The van der Waals surface area contributed by atoms with Crippen LogP contribution in [-0.4, -0.2) is 80.5 Å². The zero-order valence-corrected chi connectivity index (χ0v) is 18.0. The minimum Gasteiger partial charge on any atom is -0.481 e. The summed E-state index contributed by atoms with van der Waals surface area (Å²) in [6.07, 6.45) is 1.69. The number of nitrogens with zero attached hydrogens (tertiary/aromatic N) is 3. The quantitative estimate of drug-likeness (QED) is 0.497. The molecular formula is C17H15Br2N3O7. The van der Waals surface area contributed by atoms with Crippen molar-refractivity contribution >= 4 is 67.4 Å². The van der Waals surface area contributed by atoms with Crippen molar-refractivity contribution in [2.75, 3.05) is 13.1 Å². The van der Waals surface area contributed by atoms with Gasteiger partial charge in [0.2, 0.25) is 5.91 Å². The fourth-order valence-corrected chi connectivity index (χ4v) is 4.37. The van der Waals surface area contributed by atoms with E-state index in [4.69, 9.17) is 5.11 Å². The summed E-state index contributed by atoms with van der Waals surface area (Å²) in [5, 5.41) is 8.82. The highest BCUT2D eigenvalue weighted by Gasteiger charge is 2.45. The number of hydrogen-bond donors (Lipinski definition) is 1. The number of rotatable bonds is 5. The summed E-state index contributed by atoms with van der Waals surface area (Å²) in [4.78, 5) is 75.8. The summed E-state index contributed by atoms with van der Waals surface area (Å²) < 4.78 is 0.150. The van der Waals surface area contributed by atoms with Crippen LogP contribution >= 0.6 is 31.9 Å². The van der Waals surface area contributed by atoms with Gasteiger partial charge in [0.25, 0.3) is 23.6 Å². The smallest absolute Gasteiger partial charge is 0.303 e. The first kappa shape index (κ1) is 21.4. The van der Waals surface area contributed by atoms with E-state index in [0.717, 1.165) is 22.0 Å². The lowest BCUT2D eigenvalue weighted by atomic mass is 9.97. The first-order valence-corrected chi connectivity index (χ1v) is 10.2. The number of carboxylic acid groups (broad SMARTS) is 1. The Labute approximate surface area is 181 Å². The minimum absolute atomic E-state index is 0.00856. The molecule has 1 fully saturated rings. The van der Waals surface area contributed by atoms with Gasteiger partial charge in [0.05, 0.1) is 27.5 Å². The number of likely N-dealkylation sites (tertiary alicyclic amines) is 1. The third-order valence-electron chi connectivity index (χ3n) is 4.86. The molecule has 29 heavy (non-hydrogen) atoms. The van der Waals surface area contributed by atoms with Crippen molar-refractivity contribution < 1.29 is 33.9 Å². The van der Waals surface area contributed by atoms with E-state index >= 15 is 0 Å². The second-order valence-electron chi connectivity index (χ2n) is 6.75. The van der Waals surface area contributed by atoms with Crippen LogP contribution in [0.1, 0.15) is 19.3 Å². The Morgan fingerprint density at radius 2 is 1.34 bits per heavy atom. The van der Waals surface area contributed by atoms with Crippen LogP contribution in [-0.2, 0) is 28.8 Å². The number of carbonyl (C=O) groups is 6. The van der Waals surface area contributed by atoms with Crippen LogP contribution in [0.5, 0.6) is 0 Å². The molecule has 10 nitrogen and oxygen atoms in total. The van der Waals surface area contributed by atoms with Crippen LogP contribution < -0.4 is 0 Å². The highest BCUT2D eigenvalue weighted by molar-refractivity contribution is 9.12. The van der Waals surface area contributed by atoms with Crippen molar-refractivity contribution in [1.29, 1.82) is 0 Å². The Bertz CT molecular complexity index is 841. The first-order chi connectivity index (χ1) is 13.6. The zero-order valence-electron chi connectivity index (χ0n) is 14.8. The fourth-order valence-electron chi connectivity index (χ4n) is 3.60. The molecule has 0 bridgehead atoms. The normalized spacial score (nSPS) is 25.0. The molecule has 3 aliphatic heterocycles. The number of hydrogen-bond acceptors (Lipinski definition) is 6. The molecule has 0 spiro atoms. The van der Waals surface area contributed by atoms with Crippen molar-refractivity contribution in [2.45, 2.75) is 31.3 Å². The Morgan fingerprint density at radius 3 is 1.69 bits per heavy atom. The largest absolute Gasteiger partial charge is 0.481 e. The van der Waals surface area contributed by atoms with Gasteiger partial charge in [-0.15, -0.1) is 0 Å². The lowest BCUT2D eigenvalue weighted by Crippen LogP contribution is -2.60. The average molecular weight is 533 g/mol. The molecule has 0 aromatic rings. The van der Waals surface area contributed by atoms with Gasteiger partial charge in [0.1, 0.15) is 0 Å². The number of piperidine rings is 1. The Hall–Kier alpha value is -2.34. The van der Waals surface area contributed by atoms with Crippen LogP contribution in [0, 0.1) is 0 Å². The van der Waals surface area contributed by atoms with Crippen molar-refractivity contribution in [3.63, 3.8) is 0 Å². The molecule has 1 N–H and O–H groups in total. The first-order valence-electron chi connectivity index (χ1n) is 8.59. The van der Waals surface area contributed by atoms with Crippen molar-refractivity contribution in [3.05, 3.63) is 21.1 Å². The number of halogens is 2. The lowest BCUT2D eigenvalue weighted by molar-refractivity contribution is -0.149. The number of carboxylic acids is 1. The highest BCUT2D eigenvalue weighted by atomic mass is 79.9. The third-order valence-corrected chi connectivity index (χ3v) is 6.00. The van der Waals surface area contributed by atoms with Crippen molar-refractivity contribution in [2.24, 2.45) is 0 Å². The number of imide groups is 2. The van der Waals surface area contributed by atoms with Gasteiger partial charge in [0.15, 0.2) is 0 Å². The van der Waals surface area contributed by atoms with Gasteiger partial charge >= 0.3 is 5.97 Å². The molecular weight excluding hydrogens is 518 g/mol. The Balaban J connectivity index is 1.86. The minimum atomic E-state index is -1.14. The molecule has 1 saturated heterocycles. The molecule has 3 heterocycles. The second kappa shape index (κ2) is 8.19. The monoisotopic (exact) mass is 531 g/mol. The van der Waals surface area contributed by atoms with E-state index < -0.39 is 47.6 Å². The van der Waals surface area contributed by atoms with E-state index in [0.29, 0.717) is 0 Å². The SMILES string of the molecule is O=C(O)CCC(=O)N1C[C@H](N2C(=O)C=C(Br)C2=O)C[C@H](N2C(=O)C=C(Br)C2=O)C1. The van der Waals surface area contributed by atoms with Crippen LogP contribution in [0.2, 0.25) is 0 Å². The zero-order chi connectivity index (χ0) is 21.5. The maximum atomic E-state index is 12.5. The van der Waals surface area contributed by atoms with Gasteiger partial charge in [-0.1, -0.05) is 0 Å². The van der Waals surface area contributed by atoms with E-state index in [1.165, 1.54) is 4.90 Å². The molecule has 0 radical (unpaired) electrons. The Kier molecular flexibility index (Phi) is 6.03. The van der Waals surface area contributed by atoms with Crippen LogP contribution in [0.15, 0.2) is 21.1 Å². The van der Waals surface area contributed by atoms with E-state index in [-0.39, 0.29) is 41.3 Å². The molecule has 3 rings (SSSR count). The predicted octanol–water partition coefficient (Wildman–Crippen LogP) is 0.116. The van der Waals surface area contributed by atoms with E-state index in [1.54, 1.807) is 0 Å². The molecule has 5 amide bonds. The lowest BCUT2D eigenvalue weighted by Gasteiger charge is -2.43. The van der Waals surface area contributed by atoms with Crippen LogP contribution in [0.25, 0.3) is 0 Å². The molecule has 12 heteroatoms. The van der Waals surface area contributed by atoms with Crippen molar-refractivity contribution in [3.8, 4) is 0 Å². The maximum absolute atomic E-state index is 12.5. The number of amides is 5. The van der Waals surface area contributed by atoms with Gasteiger partial charge in [-0.05, 0) is 38.3 Å². The highest BCUT2D eigenvalue weighted by Crippen LogP contribution is 2.30. The molecule has 2 atom stereocenters. The maximum Gasteiger partial charge on any atom is 0.303 e. The molecule has 154 valence electrons. The average Bonchev–Trinajstić information content (AvgIpc) is 3.05. The number of aliphatic carboxylic acids is 1. The second-order valence-corrected chi connectivity index (χ2v) is 8.46. The van der Waals surface area contributed by atoms with Gasteiger partial charge in [-0.25, -0.2) is 0 Å². The van der Waals surface area contributed by atoms with E-state index in [2.05, 4.69) is 31.9 Å². The molecule has 0 aromatic heterocycles. The summed E-state index contributed by atoms with van der Waals surface area (Å²) in [5.74, 6) is -3.92. The van der Waals surface area contributed by atoms with Gasteiger partial charge in [0, 0.05) is 31.7 Å². The van der Waals surface area contributed by atoms with Gasteiger partial charge in [-0.3, -0.25) is 38.6 Å². The summed E-state index contributed by atoms with van der Waals surface area (Å²) in [6, 6.07) is -1.54. The van der Waals surface area contributed by atoms with E-state index in [9.17, 15) is 28.8 Å². The fraction of sp³-hybridized carbons (Fsp3) is 0.412. The molecule has 0 saturated carbocycles. The topological polar surface area (TPSA) is 132 Å². The standard InChI is InChI=1S/C17H15Br2N3O7/c18-10-4-13(24)21(16(10)28)8-3-9(22-14(25)5-11(19)17(22)29)7-20(6-8)12(23)1-2-15(26)27/h4-5,8-9H,1-3,6-7H2,(H,26,27)/t8-,9+. The number of carbonyl (C=O) groups excluding carboxylic acids is 5. The molecule has 0 aliphatic carbocycles. The summed E-state index contributed by atoms with van der Waals surface area (Å²) in [7, 11) is 0. The van der Waals surface area contributed by atoms with Crippen LogP contribution in [0.3, 0.4) is 0 Å². The Morgan fingerprint density at radius 1 is 0.897 bits per heavy atom. The summed E-state index contributed by atoms with van der Waals surface area (Å²) in [6.45, 7) is -0.0171. The van der Waals surface area contributed by atoms with Gasteiger partial charge in [-0.2, -0.15) is 0 Å². The molecule has 0 aromatic carbocycles. The summed E-state index contributed by atoms with van der Waals surface area (Å²) in [5.41, 5.74) is 0. The van der Waals surface area contributed by atoms with Gasteiger partial charge < -0.3 is 10.0 Å². The van der Waals surface area contributed by atoms with Crippen LogP contribution in [0.4, 0.5) is 0 Å². The van der Waals surface area contributed by atoms with Crippen molar-refractivity contribution in [1.82, 2.24) is 14.7 Å². The molecule has 3 aliphatic rings. The predicted molar refractivity (Wildman–Crippen MR) is 103 cm³/mol. The molecule has 0 unspecified atom stereocenters. The third kappa shape index (κ3) is 4.17.